The van der Waals surface area contributed by atoms with E-state index in [1.165, 1.54) is 4.90 Å². The van der Waals surface area contributed by atoms with Crippen molar-refractivity contribution in [1.82, 2.24) is 10.2 Å². The molecule has 0 aromatic heterocycles. The van der Waals surface area contributed by atoms with Crippen LogP contribution in [0.25, 0.3) is 5.70 Å². The molecule has 0 aliphatic carbocycles. The number of benzene rings is 1. The van der Waals surface area contributed by atoms with E-state index >= 15 is 0 Å². The fourth-order valence-corrected chi connectivity index (χ4v) is 2.78. The van der Waals surface area contributed by atoms with Gasteiger partial charge in [0.05, 0.1) is 5.92 Å². The summed E-state index contributed by atoms with van der Waals surface area (Å²) in [6.45, 7) is 9.12. The molecule has 3 N–H and O–H groups in total. The molecule has 0 bridgehead atoms. The maximum absolute atomic E-state index is 12.5. The molecular formula is C19H25N3O4. The van der Waals surface area contributed by atoms with Gasteiger partial charge in [-0.15, -0.1) is 0 Å². The molecule has 1 aromatic carbocycles. The molecule has 1 heterocycles. The second-order valence-corrected chi connectivity index (χ2v) is 7.32. The summed E-state index contributed by atoms with van der Waals surface area (Å²) in [5.74, 6) is -1.54. The molecule has 3 amide bonds. The quantitative estimate of drug-likeness (QED) is 0.857. The minimum Gasteiger partial charge on any atom is -0.444 e. The monoisotopic (exact) mass is 359 g/mol. The number of nitrogens with zero attached hydrogens (tertiary/aromatic N) is 1. The van der Waals surface area contributed by atoms with E-state index in [4.69, 9.17) is 10.5 Å². The normalized spacial score (nSPS) is 19.7. The molecule has 0 saturated carbocycles. The van der Waals surface area contributed by atoms with E-state index in [9.17, 15) is 14.4 Å². The Morgan fingerprint density at radius 2 is 1.85 bits per heavy atom. The van der Waals surface area contributed by atoms with Crippen LogP contribution >= 0.6 is 0 Å². The molecule has 0 radical (unpaired) electrons. The summed E-state index contributed by atoms with van der Waals surface area (Å²) < 4.78 is 5.31. The first kappa shape index (κ1) is 19.5. The van der Waals surface area contributed by atoms with Crippen LogP contribution in [-0.4, -0.2) is 41.0 Å². The van der Waals surface area contributed by atoms with Crippen molar-refractivity contribution in [2.45, 2.75) is 38.8 Å². The average molecular weight is 359 g/mol. The van der Waals surface area contributed by atoms with Crippen molar-refractivity contribution in [3.8, 4) is 0 Å². The Kier molecular flexibility index (Phi) is 5.69. The first-order valence-corrected chi connectivity index (χ1v) is 8.42. The number of nitrogens with one attached hydrogen (secondary N) is 1. The molecule has 1 saturated heterocycles. The first-order chi connectivity index (χ1) is 12.1. The molecule has 26 heavy (non-hydrogen) atoms. The van der Waals surface area contributed by atoms with Gasteiger partial charge in [-0.05, 0) is 32.8 Å². The van der Waals surface area contributed by atoms with Crippen molar-refractivity contribution >= 4 is 23.6 Å². The van der Waals surface area contributed by atoms with E-state index < -0.39 is 29.6 Å². The Hall–Kier alpha value is -2.83. The third kappa shape index (κ3) is 4.84. The lowest BCUT2D eigenvalue weighted by molar-refractivity contribution is -0.123. The van der Waals surface area contributed by atoms with Gasteiger partial charge in [-0.1, -0.05) is 36.9 Å². The number of ether oxygens (including phenoxy) is 1. The maximum Gasteiger partial charge on any atom is 0.410 e. The summed E-state index contributed by atoms with van der Waals surface area (Å²) in [5.41, 5.74) is 5.95. The SMILES string of the molecule is C=C(NC(=O)C1CC(C(N)=O)N(C(=O)OC(C)(C)C)C1)c1ccccc1. The molecule has 1 aliphatic rings. The van der Waals surface area contributed by atoms with E-state index in [1.54, 1.807) is 20.8 Å². The maximum atomic E-state index is 12.5. The number of hydrogen-bond donors (Lipinski definition) is 2. The summed E-state index contributed by atoms with van der Waals surface area (Å²) >= 11 is 0. The first-order valence-electron chi connectivity index (χ1n) is 8.42. The number of primary amides is 1. The highest BCUT2D eigenvalue weighted by Crippen LogP contribution is 2.26. The number of rotatable bonds is 4. The van der Waals surface area contributed by atoms with Crippen LogP contribution in [0.5, 0.6) is 0 Å². The van der Waals surface area contributed by atoms with Gasteiger partial charge in [0.15, 0.2) is 0 Å². The average Bonchev–Trinajstić information content (AvgIpc) is 3.00. The molecular weight excluding hydrogens is 334 g/mol. The number of nitrogens with two attached hydrogens (primary N) is 1. The molecule has 7 nitrogen and oxygen atoms in total. The van der Waals surface area contributed by atoms with Crippen molar-refractivity contribution in [1.29, 1.82) is 0 Å². The number of likely N-dealkylation sites (tertiary alicyclic amines) is 1. The molecule has 0 spiro atoms. The standard InChI is InChI=1S/C19H25N3O4/c1-12(13-8-6-5-7-9-13)21-17(24)14-10-15(16(20)23)22(11-14)18(25)26-19(2,3)4/h5-9,14-15H,1,10-11H2,2-4H3,(H2,20,23)(H,21,24). The summed E-state index contributed by atoms with van der Waals surface area (Å²) in [5, 5.41) is 2.74. The zero-order valence-corrected chi connectivity index (χ0v) is 15.3. The Balaban J connectivity index is 2.06. The van der Waals surface area contributed by atoms with Crippen LogP contribution < -0.4 is 11.1 Å². The van der Waals surface area contributed by atoms with Crippen LogP contribution in [0.3, 0.4) is 0 Å². The topological polar surface area (TPSA) is 102 Å². The van der Waals surface area contributed by atoms with Crippen LogP contribution in [0.1, 0.15) is 32.8 Å². The molecule has 1 aliphatic heterocycles. The van der Waals surface area contributed by atoms with Crippen molar-refractivity contribution < 1.29 is 19.1 Å². The summed E-state index contributed by atoms with van der Waals surface area (Å²) in [7, 11) is 0. The molecule has 2 atom stereocenters. The smallest absolute Gasteiger partial charge is 0.410 e. The lowest BCUT2D eigenvalue weighted by Crippen LogP contribution is -2.45. The lowest BCUT2D eigenvalue weighted by atomic mass is 10.0. The van der Waals surface area contributed by atoms with Crippen molar-refractivity contribution in [3.63, 3.8) is 0 Å². The minimum atomic E-state index is -0.870. The molecule has 2 unspecified atom stereocenters. The Morgan fingerprint density at radius 3 is 2.38 bits per heavy atom. The number of hydrogen-bond acceptors (Lipinski definition) is 4. The van der Waals surface area contributed by atoms with Gasteiger partial charge in [-0.3, -0.25) is 14.5 Å². The van der Waals surface area contributed by atoms with Crippen LogP contribution in [0.15, 0.2) is 36.9 Å². The molecule has 7 heteroatoms. The Morgan fingerprint density at radius 1 is 1.23 bits per heavy atom. The van der Waals surface area contributed by atoms with Crippen LogP contribution in [0, 0.1) is 5.92 Å². The highest BCUT2D eigenvalue weighted by molar-refractivity contribution is 5.91. The molecule has 140 valence electrons. The highest BCUT2D eigenvalue weighted by Gasteiger charge is 2.43. The van der Waals surface area contributed by atoms with E-state index in [0.29, 0.717) is 5.70 Å². The Labute approximate surface area is 153 Å². The Bertz CT molecular complexity index is 709. The lowest BCUT2D eigenvalue weighted by Gasteiger charge is -2.27. The zero-order valence-electron chi connectivity index (χ0n) is 15.3. The summed E-state index contributed by atoms with van der Waals surface area (Å²) in [6.07, 6.45) is -0.499. The van der Waals surface area contributed by atoms with Gasteiger partial charge >= 0.3 is 6.09 Å². The van der Waals surface area contributed by atoms with Gasteiger partial charge in [0.1, 0.15) is 11.6 Å². The van der Waals surface area contributed by atoms with Gasteiger partial charge in [0.2, 0.25) is 11.8 Å². The van der Waals surface area contributed by atoms with Crippen molar-refractivity contribution in [2.75, 3.05) is 6.54 Å². The van der Waals surface area contributed by atoms with Crippen LogP contribution in [0.4, 0.5) is 4.79 Å². The van der Waals surface area contributed by atoms with Gasteiger partial charge < -0.3 is 15.8 Å². The fourth-order valence-electron chi connectivity index (χ4n) is 2.78. The fraction of sp³-hybridized carbons (Fsp3) is 0.421. The second kappa shape index (κ2) is 7.59. The van der Waals surface area contributed by atoms with Gasteiger partial charge in [-0.2, -0.15) is 0 Å². The predicted molar refractivity (Wildman–Crippen MR) is 97.6 cm³/mol. The highest BCUT2D eigenvalue weighted by atomic mass is 16.6. The van der Waals surface area contributed by atoms with Gasteiger partial charge in [-0.25, -0.2) is 4.79 Å². The van der Waals surface area contributed by atoms with E-state index in [2.05, 4.69) is 11.9 Å². The minimum absolute atomic E-state index is 0.0659. The van der Waals surface area contributed by atoms with E-state index in [1.807, 2.05) is 30.3 Å². The number of carbonyl (C=O) groups excluding carboxylic acids is 3. The van der Waals surface area contributed by atoms with Crippen LogP contribution in [-0.2, 0) is 14.3 Å². The number of amides is 3. The predicted octanol–water partition coefficient (Wildman–Crippen LogP) is 1.88. The second-order valence-electron chi connectivity index (χ2n) is 7.32. The van der Waals surface area contributed by atoms with Crippen LogP contribution in [0.2, 0.25) is 0 Å². The molecule has 1 fully saturated rings. The van der Waals surface area contributed by atoms with E-state index in [-0.39, 0.29) is 18.9 Å². The largest absolute Gasteiger partial charge is 0.444 e. The third-order valence-electron chi connectivity index (χ3n) is 4.02. The third-order valence-corrected chi connectivity index (χ3v) is 4.02. The zero-order chi connectivity index (χ0) is 19.5. The van der Waals surface area contributed by atoms with E-state index in [0.717, 1.165) is 5.56 Å². The van der Waals surface area contributed by atoms with Gasteiger partial charge in [0.25, 0.3) is 0 Å². The van der Waals surface area contributed by atoms with Crippen molar-refractivity contribution in [3.05, 3.63) is 42.5 Å². The molecule has 1 aromatic rings. The number of carbonyl (C=O) groups is 3. The van der Waals surface area contributed by atoms with Gasteiger partial charge in [0, 0.05) is 12.2 Å². The summed E-state index contributed by atoms with van der Waals surface area (Å²) in [6, 6.07) is 8.34. The molecule has 2 rings (SSSR count). The summed E-state index contributed by atoms with van der Waals surface area (Å²) in [4.78, 5) is 37.8. The van der Waals surface area contributed by atoms with Crippen molar-refractivity contribution in [2.24, 2.45) is 11.7 Å².